The molecule has 0 heterocycles. The molecule has 3 nitrogen and oxygen atoms in total. The molecular weight excluding hydrogens is 255 g/mol. The fourth-order valence-corrected chi connectivity index (χ4v) is 1.47. The summed E-state index contributed by atoms with van der Waals surface area (Å²) in [4.78, 5) is 4.50. The van der Waals surface area contributed by atoms with Crippen molar-refractivity contribution in [3.63, 3.8) is 0 Å². The highest BCUT2D eigenvalue weighted by Crippen LogP contribution is 2.15. The van der Waals surface area contributed by atoms with Crippen LogP contribution in [0, 0.1) is 3.57 Å². The highest BCUT2D eigenvalue weighted by Gasteiger charge is 1.98. The summed E-state index contributed by atoms with van der Waals surface area (Å²) in [6.45, 7) is 0.429. The normalized spacial score (nSPS) is 10.0. The zero-order valence-corrected chi connectivity index (χ0v) is 8.04. The largest absolute Gasteiger partial charge is 0.399 e. The van der Waals surface area contributed by atoms with Crippen molar-refractivity contribution in [3.8, 4) is 0 Å². The third-order valence-electron chi connectivity index (χ3n) is 1.32. The molecule has 0 atom stereocenters. The molecule has 0 radical (unpaired) electrons. The minimum absolute atomic E-state index is 0.429. The van der Waals surface area contributed by atoms with Gasteiger partial charge in [0, 0.05) is 9.26 Å². The molecule has 0 spiro atoms. The van der Waals surface area contributed by atoms with Crippen molar-refractivity contribution in [1.29, 1.82) is 0 Å². The van der Waals surface area contributed by atoms with Crippen LogP contribution in [0.2, 0.25) is 0 Å². The topological polar surface area (TPSA) is 61.3 Å². The Labute approximate surface area is 78.8 Å². The molecule has 0 aliphatic heterocycles. The van der Waals surface area contributed by atoms with Gasteiger partial charge in [0.25, 0.3) is 0 Å². The smallest absolute Gasteiger partial charge is 0.0940 e. The molecule has 0 saturated heterocycles. The van der Waals surface area contributed by atoms with Crippen molar-refractivity contribution < 1.29 is 4.84 Å². The highest BCUT2D eigenvalue weighted by molar-refractivity contribution is 14.1. The Morgan fingerprint density at radius 1 is 1.45 bits per heavy atom. The van der Waals surface area contributed by atoms with Gasteiger partial charge in [-0.25, -0.2) is 5.90 Å². The Morgan fingerprint density at radius 3 is 2.73 bits per heavy atom. The van der Waals surface area contributed by atoms with Gasteiger partial charge < -0.3 is 5.73 Å². The summed E-state index contributed by atoms with van der Waals surface area (Å²) >= 11 is 2.19. The molecular formula is C7H9IN2O. The standard InChI is InChI=1S/C7H9IN2O/c8-7-3-6(9)2-1-5(7)4-11-10/h1-3H,4,9-10H2. The van der Waals surface area contributed by atoms with Crippen LogP contribution < -0.4 is 11.6 Å². The average Bonchev–Trinajstić information content (AvgIpc) is 1.95. The molecule has 11 heavy (non-hydrogen) atoms. The molecule has 0 bridgehead atoms. The second-order valence-electron chi connectivity index (χ2n) is 2.16. The van der Waals surface area contributed by atoms with Crippen LogP contribution in [-0.2, 0) is 11.4 Å². The molecule has 60 valence electrons. The van der Waals surface area contributed by atoms with E-state index in [1.165, 1.54) is 0 Å². The van der Waals surface area contributed by atoms with E-state index in [1.54, 1.807) is 0 Å². The van der Waals surface area contributed by atoms with E-state index < -0.39 is 0 Å². The van der Waals surface area contributed by atoms with E-state index in [0.29, 0.717) is 6.61 Å². The maximum absolute atomic E-state index is 5.55. The third-order valence-corrected chi connectivity index (χ3v) is 2.32. The zero-order chi connectivity index (χ0) is 8.27. The number of hydrogen-bond donors (Lipinski definition) is 2. The third kappa shape index (κ3) is 2.32. The maximum Gasteiger partial charge on any atom is 0.0940 e. The average molecular weight is 264 g/mol. The first-order valence-corrected chi connectivity index (χ1v) is 4.17. The van der Waals surface area contributed by atoms with Crippen LogP contribution in [0.5, 0.6) is 0 Å². The lowest BCUT2D eigenvalue weighted by atomic mass is 10.2. The number of nitrogens with two attached hydrogens (primary N) is 2. The Morgan fingerprint density at radius 2 is 2.18 bits per heavy atom. The first-order valence-electron chi connectivity index (χ1n) is 3.09. The van der Waals surface area contributed by atoms with E-state index in [9.17, 15) is 0 Å². The molecule has 0 unspecified atom stereocenters. The molecule has 0 aliphatic rings. The van der Waals surface area contributed by atoms with Gasteiger partial charge in [-0.1, -0.05) is 6.07 Å². The van der Waals surface area contributed by atoms with E-state index in [2.05, 4.69) is 27.4 Å². The summed E-state index contributed by atoms with van der Waals surface area (Å²) in [6, 6.07) is 5.62. The van der Waals surface area contributed by atoms with Gasteiger partial charge in [0.1, 0.15) is 0 Å². The number of hydrogen-bond acceptors (Lipinski definition) is 3. The Balaban J connectivity index is 2.90. The minimum atomic E-state index is 0.429. The predicted octanol–water partition coefficient (Wildman–Crippen LogP) is 1.26. The fraction of sp³-hybridized carbons (Fsp3) is 0.143. The molecule has 4 N–H and O–H groups in total. The van der Waals surface area contributed by atoms with Crippen LogP contribution in [0.4, 0.5) is 5.69 Å². The second kappa shape index (κ2) is 3.89. The lowest BCUT2D eigenvalue weighted by Crippen LogP contribution is -2.01. The molecule has 0 saturated carbocycles. The summed E-state index contributed by atoms with van der Waals surface area (Å²) in [5.74, 6) is 4.93. The number of benzene rings is 1. The Hall–Kier alpha value is -0.330. The summed E-state index contributed by atoms with van der Waals surface area (Å²) in [5.41, 5.74) is 7.36. The van der Waals surface area contributed by atoms with Crippen molar-refractivity contribution in [2.24, 2.45) is 5.90 Å². The summed E-state index contributed by atoms with van der Waals surface area (Å²) in [5, 5.41) is 0. The van der Waals surface area contributed by atoms with Crippen molar-refractivity contribution in [3.05, 3.63) is 27.3 Å². The van der Waals surface area contributed by atoms with E-state index in [-0.39, 0.29) is 0 Å². The van der Waals surface area contributed by atoms with Crippen molar-refractivity contribution in [2.75, 3.05) is 5.73 Å². The highest BCUT2D eigenvalue weighted by atomic mass is 127. The first kappa shape index (κ1) is 8.76. The van der Waals surface area contributed by atoms with E-state index in [4.69, 9.17) is 11.6 Å². The molecule has 0 aromatic heterocycles. The van der Waals surface area contributed by atoms with Crippen LogP contribution >= 0.6 is 22.6 Å². The number of rotatable bonds is 2. The van der Waals surface area contributed by atoms with Gasteiger partial charge >= 0.3 is 0 Å². The Kier molecular flexibility index (Phi) is 3.10. The molecule has 0 amide bonds. The second-order valence-corrected chi connectivity index (χ2v) is 3.32. The summed E-state index contributed by atoms with van der Waals surface area (Å²) < 4.78 is 1.08. The van der Waals surface area contributed by atoms with Crippen molar-refractivity contribution in [1.82, 2.24) is 0 Å². The lowest BCUT2D eigenvalue weighted by Gasteiger charge is -2.02. The minimum Gasteiger partial charge on any atom is -0.399 e. The monoisotopic (exact) mass is 264 g/mol. The van der Waals surface area contributed by atoms with Crippen LogP contribution in [0.15, 0.2) is 18.2 Å². The predicted molar refractivity (Wildman–Crippen MR) is 52.5 cm³/mol. The molecule has 0 fully saturated rings. The quantitative estimate of drug-likeness (QED) is 0.480. The van der Waals surface area contributed by atoms with Gasteiger partial charge in [0.05, 0.1) is 6.61 Å². The van der Waals surface area contributed by atoms with Crippen molar-refractivity contribution >= 4 is 28.3 Å². The van der Waals surface area contributed by atoms with Crippen molar-refractivity contribution in [2.45, 2.75) is 6.61 Å². The van der Waals surface area contributed by atoms with Gasteiger partial charge in [0.2, 0.25) is 0 Å². The molecule has 0 aliphatic carbocycles. The first-order chi connectivity index (χ1) is 5.24. The van der Waals surface area contributed by atoms with Crippen LogP contribution in [-0.4, -0.2) is 0 Å². The van der Waals surface area contributed by atoms with Gasteiger partial charge in [0.15, 0.2) is 0 Å². The van der Waals surface area contributed by atoms with Crippen LogP contribution in [0.3, 0.4) is 0 Å². The Bertz CT molecular complexity index is 252. The summed E-state index contributed by atoms with van der Waals surface area (Å²) in [6.07, 6.45) is 0. The number of halogens is 1. The maximum atomic E-state index is 5.55. The molecule has 1 aromatic carbocycles. The molecule has 1 rings (SSSR count). The van der Waals surface area contributed by atoms with Gasteiger partial charge in [-0.05, 0) is 40.3 Å². The number of nitrogen functional groups attached to an aromatic ring is 1. The zero-order valence-electron chi connectivity index (χ0n) is 5.88. The summed E-state index contributed by atoms with van der Waals surface area (Å²) in [7, 11) is 0. The number of anilines is 1. The van der Waals surface area contributed by atoms with Crippen LogP contribution in [0.25, 0.3) is 0 Å². The van der Waals surface area contributed by atoms with E-state index >= 15 is 0 Å². The van der Waals surface area contributed by atoms with E-state index in [1.807, 2.05) is 18.2 Å². The van der Waals surface area contributed by atoms with Gasteiger partial charge in [-0.15, -0.1) is 0 Å². The lowest BCUT2D eigenvalue weighted by molar-refractivity contribution is 0.123. The molecule has 1 aromatic rings. The van der Waals surface area contributed by atoms with Crippen LogP contribution in [0.1, 0.15) is 5.56 Å². The SMILES string of the molecule is NOCc1ccc(N)cc1I. The fourth-order valence-electron chi connectivity index (χ4n) is 0.770. The van der Waals surface area contributed by atoms with Gasteiger partial charge in [-0.3, -0.25) is 4.84 Å². The molecule has 4 heteroatoms. The van der Waals surface area contributed by atoms with E-state index in [0.717, 1.165) is 14.8 Å². The van der Waals surface area contributed by atoms with Gasteiger partial charge in [-0.2, -0.15) is 0 Å².